The molecule has 0 aliphatic heterocycles. The van der Waals surface area contributed by atoms with Gasteiger partial charge in [-0.3, -0.25) is 14.3 Å². The molecule has 2 N–H and O–H groups in total. The van der Waals surface area contributed by atoms with E-state index in [1.165, 1.54) is 11.9 Å². The molecule has 0 spiro atoms. The Bertz CT molecular complexity index is 731. The number of carbonyl (C=O) groups is 2. The molecule has 0 bridgehead atoms. The van der Waals surface area contributed by atoms with E-state index in [4.69, 9.17) is 0 Å². The van der Waals surface area contributed by atoms with Crippen LogP contribution in [-0.4, -0.2) is 22.7 Å². The van der Waals surface area contributed by atoms with E-state index in [1.54, 1.807) is 0 Å². The van der Waals surface area contributed by atoms with Crippen LogP contribution in [0.4, 0.5) is 0 Å². The molecule has 0 aliphatic carbocycles. The van der Waals surface area contributed by atoms with Crippen LogP contribution in [0.15, 0.2) is 54.6 Å². The molecular weight excluding hydrogens is 346 g/mol. The molecule has 138 valence electrons. The second kappa shape index (κ2) is 10.0. The third-order valence-electron chi connectivity index (χ3n) is 4.30. The number of aliphatic carboxylic acids is 1. The number of hydrogen-bond acceptors (Lipinski definition) is 3. The van der Waals surface area contributed by atoms with Gasteiger partial charge in [-0.25, -0.2) is 0 Å². The van der Waals surface area contributed by atoms with Crippen molar-refractivity contribution in [1.82, 2.24) is 4.72 Å². The van der Waals surface area contributed by atoms with Gasteiger partial charge in [-0.15, -0.1) is 0 Å². The molecule has 2 aromatic rings. The summed E-state index contributed by atoms with van der Waals surface area (Å²) in [7, 11) is 0. The molecular formula is C21H25NO3S. The molecule has 26 heavy (non-hydrogen) atoms. The van der Waals surface area contributed by atoms with E-state index in [9.17, 15) is 14.7 Å². The molecule has 1 amide bonds. The van der Waals surface area contributed by atoms with Crippen molar-refractivity contribution in [2.75, 3.05) is 5.75 Å². The predicted octanol–water partition coefficient (Wildman–Crippen LogP) is 4.87. The normalized spacial score (nSPS) is 12.0. The maximum Gasteiger partial charge on any atom is 0.306 e. The molecule has 0 radical (unpaired) electrons. The number of benzene rings is 2. The van der Waals surface area contributed by atoms with Crippen LogP contribution in [-0.2, 0) is 4.79 Å². The fourth-order valence-corrected chi connectivity index (χ4v) is 3.49. The van der Waals surface area contributed by atoms with Gasteiger partial charge >= 0.3 is 5.97 Å². The number of carboxylic acids is 1. The topological polar surface area (TPSA) is 66.4 Å². The van der Waals surface area contributed by atoms with Gasteiger partial charge in [0.15, 0.2) is 0 Å². The number of carbonyl (C=O) groups excluding carboxylic acids is 1. The van der Waals surface area contributed by atoms with Crippen molar-refractivity contribution >= 4 is 23.8 Å². The van der Waals surface area contributed by atoms with Crippen LogP contribution in [0.3, 0.4) is 0 Å². The van der Waals surface area contributed by atoms with E-state index in [2.05, 4.69) is 4.72 Å². The Morgan fingerprint density at radius 3 is 2.35 bits per heavy atom. The summed E-state index contributed by atoms with van der Waals surface area (Å²) < 4.78 is 2.87. The van der Waals surface area contributed by atoms with Gasteiger partial charge in [-0.05, 0) is 36.0 Å². The van der Waals surface area contributed by atoms with Crippen LogP contribution >= 0.6 is 11.9 Å². The van der Waals surface area contributed by atoms with Crippen molar-refractivity contribution in [3.8, 4) is 11.1 Å². The summed E-state index contributed by atoms with van der Waals surface area (Å²) in [6.45, 7) is 3.85. The largest absolute Gasteiger partial charge is 0.481 e. The lowest BCUT2D eigenvalue weighted by Crippen LogP contribution is -2.20. The molecule has 0 saturated carbocycles. The van der Waals surface area contributed by atoms with Crippen molar-refractivity contribution in [3.05, 3.63) is 60.2 Å². The molecule has 2 aromatic carbocycles. The smallest absolute Gasteiger partial charge is 0.306 e. The molecule has 0 aromatic heterocycles. The fraction of sp³-hybridized carbons (Fsp3) is 0.333. The molecule has 0 saturated heterocycles. The fourth-order valence-electron chi connectivity index (χ4n) is 2.84. The lowest BCUT2D eigenvalue weighted by molar-refractivity contribution is -0.143. The summed E-state index contributed by atoms with van der Waals surface area (Å²) in [6, 6.07) is 17.3. The summed E-state index contributed by atoms with van der Waals surface area (Å²) >= 11 is 1.33. The summed E-state index contributed by atoms with van der Waals surface area (Å²) in [4.78, 5) is 23.7. The highest BCUT2D eigenvalue weighted by Crippen LogP contribution is 2.24. The van der Waals surface area contributed by atoms with Gasteiger partial charge in [0.1, 0.15) is 0 Å². The SMILES string of the molecule is CC(C)C(CCCSNC(=O)c1ccccc1-c1ccccc1)C(=O)O. The molecule has 1 unspecified atom stereocenters. The van der Waals surface area contributed by atoms with Gasteiger partial charge in [0.05, 0.1) is 5.92 Å². The van der Waals surface area contributed by atoms with Crippen LogP contribution in [0.2, 0.25) is 0 Å². The Hall–Kier alpha value is -2.27. The molecule has 0 fully saturated rings. The minimum atomic E-state index is -0.745. The summed E-state index contributed by atoms with van der Waals surface area (Å²) in [5, 5.41) is 9.20. The van der Waals surface area contributed by atoms with Gasteiger partial charge < -0.3 is 5.11 Å². The Labute approximate surface area is 159 Å². The van der Waals surface area contributed by atoms with Gasteiger partial charge in [0.25, 0.3) is 5.91 Å². The van der Waals surface area contributed by atoms with Gasteiger partial charge in [0, 0.05) is 11.3 Å². The number of carboxylic acid groups (broad SMARTS) is 1. The van der Waals surface area contributed by atoms with Crippen LogP contribution in [0, 0.1) is 11.8 Å². The maximum absolute atomic E-state index is 12.5. The average Bonchev–Trinajstić information content (AvgIpc) is 2.64. The molecule has 0 heterocycles. The summed E-state index contributed by atoms with van der Waals surface area (Å²) in [6.07, 6.45) is 1.37. The Morgan fingerprint density at radius 1 is 1.04 bits per heavy atom. The first kappa shape index (κ1) is 20.0. The summed E-state index contributed by atoms with van der Waals surface area (Å²) in [5.41, 5.74) is 2.54. The Morgan fingerprint density at radius 2 is 1.69 bits per heavy atom. The monoisotopic (exact) mass is 371 g/mol. The zero-order chi connectivity index (χ0) is 18.9. The minimum absolute atomic E-state index is 0.116. The second-order valence-corrected chi connectivity index (χ2v) is 7.42. The molecule has 0 aliphatic rings. The van der Waals surface area contributed by atoms with Gasteiger partial charge in [0.2, 0.25) is 0 Å². The van der Waals surface area contributed by atoms with Crippen LogP contribution in [0.5, 0.6) is 0 Å². The van der Waals surface area contributed by atoms with Gasteiger partial charge in [-0.2, -0.15) is 0 Å². The van der Waals surface area contributed by atoms with Crippen molar-refractivity contribution in [3.63, 3.8) is 0 Å². The van der Waals surface area contributed by atoms with E-state index < -0.39 is 5.97 Å². The van der Waals surface area contributed by atoms with Crippen LogP contribution in [0.1, 0.15) is 37.0 Å². The number of amides is 1. The van der Waals surface area contributed by atoms with E-state index >= 15 is 0 Å². The highest BCUT2D eigenvalue weighted by molar-refractivity contribution is 7.97. The molecule has 4 nitrogen and oxygen atoms in total. The van der Waals surface area contributed by atoms with Gasteiger partial charge in [-0.1, -0.05) is 74.3 Å². The number of hydrogen-bond donors (Lipinski definition) is 2. The third kappa shape index (κ3) is 5.63. The number of nitrogens with one attached hydrogen (secondary N) is 1. The first-order valence-electron chi connectivity index (χ1n) is 8.80. The van der Waals surface area contributed by atoms with E-state index in [-0.39, 0.29) is 17.7 Å². The van der Waals surface area contributed by atoms with Crippen molar-refractivity contribution in [2.24, 2.45) is 11.8 Å². The van der Waals surface area contributed by atoms with E-state index in [1.807, 2.05) is 68.4 Å². The molecule has 2 rings (SSSR count). The van der Waals surface area contributed by atoms with Crippen molar-refractivity contribution < 1.29 is 14.7 Å². The Kier molecular flexibility index (Phi) is 7.73. The highest BCUT2D eigenvalue weighted by atomic mass is 32.2. The maximum atomic E-state index is 12.5. The zero-order valence-corrected chi connectivity index (χ0v) is 16.0. The van der Waals surface area contributed by atoms with E-state index in [0.717, 1.165) is 17.5 Å². The first-order valence-corrected chi connectivity index (χ1v) is 9.78. The quantitative estimate of drug-likeness (QED) is 0.487. The zero-order valence-electron chi connectivity index (χ0n) is 15.1. The van der Waals surface area contributed by atoms with Crippen molar-refractivity contribution in [2.45, 2.75) is 26.7 Å². The molecule has 5 heteroatoms. The Balaban J connectivity index is 1.89. The lowest BCUT2D eigenvalue weighted by Gasteiger charge is -2.15. The van der Waals surface area contributed by atoms with Crippen LogP contribution in [0.25, 0.3) is 11.1 Å². The standard InChI is InChI=1S/C21H25NO3S/c1-15(2)17(21(24)25)13-8-14-26-22-20(23)19-12-7-6-11-18(19)16-9-4-3-5-10-16/h3-7,9-12,15,17H,8,13-14H2,1-2H3,(H,22,23)(H,24,25). The minimum Gasteiger partial charge on any atom is -0.481 e. The lowest BCUT2D eigenvalue weighted by atomic mass is 9.92. The molecule has 1 atom stereocenters. The predicted molar refractivity (Wildman–Crippen MR) is 107 cm³/mol. The third-order valence-corrected chi connectivity index (χ3v) is 5.13. The second-order valence-electron chi connectivity index (χ2n) is 6.52. The van der Waals surface area contributed by atoms with Crippen LogP contribution < -0.4 is 4.72 Å². The summed E-state index contributed by atoms with van der Waals surface area (Å²) in [5.74, 6) is -0.399. The average molecular weight is 372 g/mol. The highest BCUT2D eigenvalue weighted by Gasteiger charge is 2.20. The van der Waals surface area contributed by atoms with E-state index in [0.29, 0.717) is 17.7 Å². The van der Waals surface area contributed by atoms with Crippen molar-refractivity contribution in [1.29, 1.82) is 0 Å². The number of rotatable bonds is 9. The first-order chi connectivity index (χ1) is 12.5.